The molecule has 0 bridgehead atoms. The molecule has 1 N–H and O–H groups in total. The monoisotopic (exact) mass is 380 g/mol. The zero-order chi connectivity index (χ0) is 15.9. The summed E-state index contributed by atoms with van der Waals surface area (Å²) in [5.41, 5.74) is 1.84. The van der Waals surface area contributed by atoms with Gasteiger partial charge in [-0.15, -0.1) is 17.9 Å². The van der Waals surface area contributed by atoms with Crippen LogP contribution >= 0.6 is 27.3 Å². The second kappa shape index (κ2) is 8.22. The van der Waals surface area contributed by atoms with E-state index in [1.165, 1.54) is 11.3 Å². The van der Waals surface area contributed by atoms with E-state index in [2.05, 4.69) is 32.8 Å². The first-order valence-electron chi connectivity index (χ1n) is 6.85. The highest BCUT2D eigenvalue weighted by molar-refractivity contribution is 9.10. The van der Waals surface area contributed by atoms with Crippen molar-refractivity contribution in [2.45, 2.75) is 19.4 Å². The number of nitrogens with one attached hydrogen (secondary N) is 1. The number of halogens is 1. The van der Waals surface area contributed by atoms with Crippen molar-refractivity contribution in [2.24, 2.45) is 0 Å². The molecule has 22 heavy (non-hydrogen) atoms. The van der Waals surface area contributed by atoms with E-state index in [0.717, 1.165) is 22.2 Å². The number of benzene rings is 1. The predicted molar refractivity (Wildman–Crippen MR) is 94.1 cm³/mol. The van der Waals surface area contributed by atoms with Crippen molar-refractivity contribution in [1.82, 2.24) is 4.98 Å². The molecule has 1 aromatic carbocycles. The molecule has 0 aliphatic carbocycles. The van der Waals surface area contributed by atoms with Crippen LogP contribution < -0.4 is 5.32 Å². The number of carbonyl (C=O) groups excluding carboxylic acids is 1. The molecule has 1 aromatic heterocycles. The Morgan fingerprint density at radius 1 is 1.59 bits per heavy atom. The van der Waals surface area contributed by atoms with Crippen molar-refractivity contribution >= 4 is 38.3 Å². The molecule has 2 rings (SSSR count). The fraction of sp³-hybridized carbons (Fsp3) is 0.250. The summed E-state index contributed by atoms with van der Waals surface area (Å²) in [6.07, 6.45) is 1.97. The van der Waals surface area contributed by atoms with Gasteiger partial charge in [0.2, 0.25) is 0 Å². The Kier molecular flexibility index (Phi) is 6.30. The lowest BCUT2D eigenvalue weighted by atomic mass is 10.2. The van der Waals surface area contributed by atoms with E-state index in [0.29, 0.717) is 11.7 Å². The molecule has 0 saturated carbocycles. The van der Waals surface area contributed by atoms with Crippen LogP contribution in [-0.2, 0) is 9.53 Å². The molecule has 0 fully saturated rings. The Hall–Kier alpha value is -1.50. The van der Waals surface area contributed by atoms with Gasteiger partial charge in [0.15, 0.2) is 5.13 Å². The average Bonchev–Trinajstić information content (AvgIpc) is 2.96. The molecule has 1 unspecified atom stereocenters. The fourth-order valence-corrected chi connectivity index (χ4v) is 2.84. The lowest BCUT2D eigenvalue weighted by Crippen LogP contribution is -2.27. The van der Waals surface area contributed by atoms with Crippen molar-refractivity contribution in [3.8, 4) is 11.3 Å². The van der Waals surface area contributed by atoms with Gasteiger partial charge >= 0.3 is 0 Å². The van der Waals surface area contributed by atoms with Crippen molar-refractivity contribution < 1.29 is 9.53 Å². The SMILES string of the molecule is C=CCCOC(C)C(=O)Nc1nc(-c2cccc(Br)c2)cs1. The lowest BCUT2D eigenvalue weighted by molar-refractivity contribution is -0.126. The summed E-state index contributed by atoms with van der Waals surface area (Å²) in [6.45, 7) is 5.82. The van der Waals surface area contributed by atoms with Crippen LogP contribution in [0.4, 0.5) is 5.13 Å². The standard InChI is InChI=1S/C16H17BrN2O2S/c1-3-4-8-21-11(2)15(20)19-16-18-14(10-22-16)12-6-5-7-13(17)9-12/h3,5-7,9-11H,1,4,8H2,2H3,(H,18,19,20). The first kappa shape index (κ1) is 16.9. The number of carbonyl (C=O) groups is 1. The number of rotatable bonds is 7. The minimum atomic E-state index is -0.516. The van der Waals surface area contributed by atoms with Gasteiger partial charge in [0.25, 0.3) is 5.91 Å². The average molecular weight is 381 g/mol. The van der Waals surface area contributed by atoms with Crippen LogP contribution in [0.1, 0.15) is 13.3 Å². The largest absolute Gasteiger partial charge is 0.368 e. The summed E-state index contributed by atoms with van der Waals surface area (Å²) < 4.78 is 6.40. The molecule has 116 valence electrons. The molecule has 2 aromatic rings. The Morgan fingerprint density at radius 2 is 2.41 bits per heavy atom. The molecule has 6 heteroatoms. The normalized spacial score (nSPS) is 11.9. The van der Waals surface area contributed by atoms with E-state index in [-0.39, 0.29) is 5.91 Å². The van der Waals surface area contributed by atoms with Gasteiger partial charge in [-0.3, -0.25) is 10.1 Å². The summed E-state index contributed by atoms with van der Waals surface area (Å²) in [7, 11) is 0. The molecule has 0 saturated heterocycles. The van der Waals surface area contributed by atoms with Gasteiger partial charge in [0, 0.05) is 15.4 Å². The first-order valence-corrected chi connectivity index (χ1v) is 8.52. The highest BCUT2D eigenvalue weighted by atomic mass is 79.9. The maximum Gasteiger partial charge on any atom is 0.254 e. The van der Waals surface area contributed by atoms with Gasteiger partial charge in [-0.1, -0.05) is 34.1 Å². The lowest BCUT2D eigenvalue weighted by Gasteiger charge is -2.11. The number of thiazole rings is 1. The third-order valence-electron chi connectivity index (χ3n) is 2.91. The van der Waals surface area contributed by atoms with Gasteiger partial charge in [0.05, 0.1) is 12.3 Å². The minimum absolute atomic E-state index is 0.195. The zero-order valence-electron chi connectivity index (χ0n) is 12.2. The van der Waals surface area contributed by atoms with Crippen molar-refractivity contribution in [3.63, 3.8) is 0 Å². The zero-order valence-corrected chi connectivity index (χ0v) is 14.6. The van der Waals surface area contributed by atoms with Crippen molar-refractivity contribution in [2.75, 3.05) is 11.9 Å². The topological polar surface area (TPSA) is 51.2 Å². The molecule has 1 atom stereocenters. The smallest absolute Gasteiger partial charge is 0.254 e. The van der Waals surface area contributed by atoms with E-state index < -0.39 is 6.10 Å². The number of hydrogen-bond donors (Lipinski definition) is 1. The molecule has 1 heterocycles. The Morgan fingerprint density at radius 3 is 3.14 bits per heavy atom. The summed E-state index contributed by atoms with van der Waals surface area (Å²) >= 11 is 4.83. The number of amides is 1. The maximum absolute atomic E-state index is 12.0. The predicted octanol–water partition coefficient (Wildman–Crippen LogP) is 4.49. The molecule has 0 radical (unpaired) electrons. The number of ether oxygens (including phenoxy) is 1. The number of nitrogens with zero attached hydrogens (tertiary/aromatic N) is 1. The van der Waals surface area contributed by atoms with Crippen LogP contribution in [0.15, 0.2) is 46.8 Å². The molecule has 0 spiro atoms. The first-order chi connectivity index (χ1) is 10.6. The summed E-state index contributed by atoms with van der Waals surface area (Å²) in [4.78, 5) is 16.4. The Labute approximate surface area is 142 Å². The van der Waals surface area contributed by atoms with Crippen molar-refractivity contribution in [1.29, 1.82) is 0 Å². The van der Waals surface area contributed by atoms with Gasteiger partial charge in [0.1, 0.15) is 6.10 Å². The molecule has 1 amide bonds. The second-order valence-corrected chi connectivity index (χ2v) is 6.40. The number of aromatic nitrogens is 1. The third-order valence-corrected chi connectivity index (χ3v) is 4.16. The quantitative estimate of drug-likeness (QED) is 0.568. The molecular weight excluding hydrogens is 364 g/mol. The molecule has 0 aliphatic rings. The fourth-order valence-electron chi connectivity index (χ4n) is 1.72. The van der Waals surface area contributed by atoms with Gasteiger partial charge in [-0.2, -0.15) is 0 Å². The van der Waals surface area contributed by atoms with Crippen LogP contribution in [0.3, 0.4) is 0 Å². The highest BCUT2D eigenvalue weighted by Crippen LogP contribution is 2.26. The van der Waals surface area contributed by atoms with Gasteiger partial charge < -0.3 is 4.74 Å². The van der Waals surface area contributed by atoms with E-state index >= 15 is 0 Å². The van der Waals surface area contributed by atoms with E-state index in [9.17, 15) is 4.79 Å². The van der Waals surface area contributed by atoms with Gasteiger partial charge in [-0.25, -0.2) is 4.98 Å². The third kappa shape index (κ3) is 4.76. The summed E-state index contributed by atoms with van der Waals surface area (Å²) in [6, 6.07) is 7.88. The van der Waals surface area contributed by atoms with Gasteiger partial charge in [-0.05, 0) is 25.5 Å². The van der Waals surface area contributed by atoms with E-state index in [1.54, 1.807) is 13.0 Å². The molecular formula is C16H17BrN2O2S. The van der Waals surface area contributed by atoms with Crippen LogP contribution in [0.5, 0.6) is 0 Å². The summed E-state index contributed by atoms with van der Waals surface area (Å²) in [5.74, 6) is -0.195. The Balaban J connectivity index is 1.97. The van der Waals surface area contributed by atoms with Crippen LogP contribution in [0.2, 0.25) is 0 Å². The number of hydrogen-bond acceptors (Lipinski definition) is 4. The Bertz CT molecular complexity index is 657. The number of anilines is 1. The summed E-state index contributed by atoms with van der Waals surface area (Å²) in [5, 5.41) is 5.27. The highest BCUT2D eigenvalue weighted by Gasteiger charge is 2.15. The molecule has 0 aliphatic heterocycles. The van der Waals surface area contributed by atoms with Crippen LogP contribution in [0, 0.1) is 0 Å². The van der Waals surface area contributed by atoms with Crippen LogP contribution in [0.25, 0.3) is 11.3 Å². The maximum atomic E-state index is 12.0. The van der Waals surface area contributed by atoms with E-state index in [4.69, 9.17) is 4.74 Å². The van der Waals surface area contributed by atoms with E-state index in [1.807, 2.05) is 29.6 Å². The van der Waals surface area contributed by atoms with Crippen LogP contribution in [-0.4, -0.2) is 23.6 Å². The van der Waals surface area contributed by atoms with Crippen molar-refractivity contribution in [3.05, 3.63) is 46.8 Å². The minimum Gasteiger partial charge on any atom is -0.368 e. The molecule has 4 nitrogen and oxygen atoms in total. The second-order valence-electron chi connectivity index (χ2n) is 4.63.